The van der Waals surface area contributed by atoms with Crippen molar-refractivity contribution in [2.45, 2.75) is 27.2 Å². The van der Waals surface area contributed by atoms with Gasteiger partial charge in [0, 0.05) is 36.8 Å². The molecule has 0 fully saturated rings. The zero-order chi connectivity index (χ0) is 14.2. The van der Waals surface area contributed by atoms with Crippen molar-refractivity contribution in [3.05, 3.63) is 39.7 Å². The van der Waals surface area contributed by atoms with Crippen LogP contribution in [0.3, 0.4) is 0 Å². The SMILES string of the molecule is Cc1c(CC(C)C)c(=O)oc2cc(N(C)C)ccc12. The van der Waals surface area contributed by atoms with Gasteiger partial charge in [-0.1, -0.05) is 13.8 Å². The lowest BCUT2D eigenvalue weighted by atomic mass is 9.98. The molecule has 0 unspecified atom stereocenters. The lowest BCUT2D eigenvalue weighted by Gasteiger charge is -2.14. The van der Waals surface area contributed by atoms with Gasteiger partial charge in [-0.25, -0.2) is 4.79 Å². The third-order valence-corrected chi connectivity index (χ3v) is 3.40. The van der Waals surface area contributed by atoms with Gasteiger partial charge in [0.25, 0.3) is 0 Å². The molecule has 19 heavy (non-hydrogen) atoms. The predicted octanol–water partition coefficient (Wildman–Crippen LogP) is 3.37. The molecule has 3 nitrogen and oxygen atoms in total. The molecule has 0 bridgehead atoms. The molecule has 1 aromatic heterocycles. The first kappa shape index (κ1) is 13.7. The second kappa shape index (κ2) is 5.08. The summed E-state index contributed by atoms with van der Waals surface area (Å²) in [6.07, 6.45) is 0.763. The van der Waals surface area contributed by atoms with E-state index in [9.17, 15) is 4.79 Å². The molecule has 1 aromatic carbocycles. The van der Waals surface area contributed by atoms with E-state index in [1.807, 2.05) is 38.1 Å². The van der Waals surface area contributed by atoms with Crippen LogP contribution in [0, 0.1) is 12.8 Å². The maximum Gasteiger partial charge on any atom is 0.339 e. The number of benzene rings is 1. The van der Waals surface area contributed by atoms with E-state index in [2.05, 4.69) is 19.9 Å². The van der Waals surface area contributed by atoms with Crippen molar-refractivity contribution in [3.8, 4) is 0 Å². The van der Waals surface area contributed by atoms with Crippen molar-refractivity contribution in [1.82, 2.24) is 0 Å². The highest BCUT2D eigenvalue weighted by molar-refractivity contribution is 5.84. The first-order valence-electron chi connectivity index (χ1n) is 6.63. The van der Waals surface area contributed by atoms with Gasteiger partial charge in [0.05, 0.1) is 0 Å². The molecule has 0 atom stereocenters. The van der Waals surface area contributed by atoms with Gasteiger partial charge in [0.2, 0.25) is 0 Å². The first-order valence-corrected chi connectivity index (χ1v) is 6.63. The Hall–Kier alpha value is -1.77. The van der Waals surface area contributed by atoms with Crippen LogP contribution in [-0.2, 0) is 6.42 Å². The standard InChI is InChI=1S/C16H21NO2/c1-10(2)8-14-11(3)13-7-6-12(17(4)5)9-15(13)19-16(14)18/h6-7,9-10H,8H2,1-5H3. The molecule has 0 saturated carbocycles. The lowest BCUT2D eigenvalue weighted by molar-refractivity contribution is 0.533. The summed E-state index contributed by atoms with van der Waals surface area (Å²) in [4.78, 5) is 14.1. The topological polar surface area (TPSA) is 33.5 Å². The summed E-state index contributed by atoms with van der Waals surface area (Å²) < 4.78 is 5.48. The fourth-order valence-corrected chi connectivity index (χ4v) is 2.31. The van der Waals surface area contributed by atoms with Gasteiger partial charge < -0.3 is 9.32 Å². The third kappa shape index (κ3) is 2.65. The van der Waals surface area contributed by atoms with E-state index in [1.165, 1.54) is 0 Å². The van der Waals surface area contributed by atoms with E-state index in [4.69, 9.17) is 4.42 Å². The van der Waals surface area contributed by atoms with Crippen LogP contribution < -0.4 is 10.5 Å². The third-order valence-electron chi connectivity index (χ3n) is 3.40. The highest BCUT2D eigenvalue weighted by Crippen LogP contribution is 2.25. The van der Waals surface area contributed by atoms with Crippen molar-refractivity contribution in [2.24, 2.45) is 5.92 Å². The summed E-state index contributed by atoms with van der Waals surface area (Å²) in [6, 6.07) is 6.00. The van der Waals surface area contributed by atoms with Crippen LogP contribution in [0.4, 0.5) is 5.69 Å². The Morgan fingerprint density at radius 2 is 1.95 bits per heavy atom. The highest BCUT2D eigenvalue weighted by Gasteiger charge is 2.13. The van der Waals surface area contributed by atoms with Crippen LogP contribution in [0.15, 0.2) is 27.4 Å². The normalized spacial score (nSPS) is 11.3. The van der Waals surface area contributed by atoms with E-state index in [0.717, 1.165) is 28.6 Å². The minimum absolute atomic E-state index is 0.199. The molecule has 0 aliphatic heterocycles. The van der Waals surface area contributed by atoms with Crippen molar-refractivity contribution in [1.29, 1.82) is 0 Å². The van der Waals surface area contributed by atoms with E-state index in [1.54, 1.807) is 0 Å². The van der Waals surface area contributed by atoms with Crippen LogP contribution in [-0.4, -0.2) is 14.1 Å². The Bertz CT molecular complexity index is 654. The molecule has 1 heterocycles. The zero-order valence-electron chi connectivity index (χ0n) is 12.3. The molecular weight excluding hydrogens is 238 g/mol. The fourth-order valence-electron chi connectivity index (χ4n) is 2.31. The molecule has 2 rings (SSSR count). The number of fused-ring (bicyclic) bond motifs is 1. The number of aryl methyl sites for hydroxylation is 1. The maximum absolute atomic E-state index is 12.1. The highest BCUT2D eigenvalue weighted by atomic mass is 16.4. The average molecular weight is 259 g/mol. The summed E-state index contributed by atoms with van der Waals surface area (Å²) >= 11 is 0. The van der Waals surface area contributed by atoms with Gasteiger partial charge in [-0.2, -0.15) is 0 Å². The Labute approximate surface area is 113 Å². The van der Waals surface area contributed by atoms with Gasteiger partial charge >= 0.3 is 5.63 Å². The quantitative estimate of drug-likeness (QED) is 0.792. The minimum Gasteiger partial charge on any atom is -0.422 e. The van der Waals surface area contributed by atoms with Gasteiger partial charge in [0.15, 0.2) is 0 Å². The van der Waals surface area contributed by atoms with Crippen LogP contribution in [0.1, 0.15) is 25.0 Å². The van der Waals surface area contributed by atoms with Crippen molar-refractivity contribution < 1.29 is 4.42 Å². The van der Waals surface area contributed by atoms with Crippen LogP contribution >= 0.6 is 0 Å². The Morgan fingerprint density at radius 1 is 1.26 bits per heavy atom. The largest absolute Gasteiger partial charge is 0.422 e. The average Bonchev–Trinajstić information content (AvgIpc) is 2.33. The molecule has 102 valence electrons. The van der Waals surface area contributed by atoms with E-state index in [-0.39, 0.29) is 5.63 Å². The lowest BCUT2D eigenvalue weighted by Crippen LogP contribution is -2.13. The van der Waals surface area contributed by atoms with Crippen LogP contribution in [0.5, 0.6) is 0 Å². The summed E-state index contributed by atoms with van der Waals surface area (Å²) in [5.74, 6) is 0.445. The minimum atomic E-state index is -0.199. The predicted molar refractivity (Wildman–Crippen MR) is 80.1 cm³/mol. The molecule has 0 aliphatic rings. The van der Waals surface area contributed by atoms with Crippen molar-refractivity contribution >= 4 is 16.7 Å². The molecule has 2 aromatic rings. The second-order valence-corrected chi connectivity index (χ2v) is 5.67. The second-order valence-electron chi connectivity index (χ2n) is 5.67. The van der Waals surface area contributed by atoms with Gasteiger partial charge in [-0.15, -0.1) is 0 Å². The number of anilines is 1. The van der Waals surface area contributed by atoms with E-state index in [0.29, 0.717) is 11.5 Å². The molecule has 0 N–H and O–H groups in total. The molecule has 3 heteroatoms. The molecule has 0 radical (unpaired) electrons. The molecule has 0 amide bonds. The van der Waals surface area contributed by atoms with Crippen molar-refractivity contribution in [3.63, 3.8) is 0 Å². The number of rotatable bonds is 3. The zero-order valence-corrected chi connectivity index (χ0v) is 12.3. The smallest absolute Gasteiger partial charge is 0.339 e. The maximum atomic E-state index is 12.1. The Kier molecular flexibility index (Phi) is 3.65. The summed E-state index contributed by atoms with van der Waals surface area (Å²) in [5.41, 5.74) is 3.35. The summed E-state index contributed by atoms with van der Waals surface area (Å²) in [6.45, 7) is 6.22. The molecule has 0 aliphatic carbocycles. The van der Waals surface area contributed by atoms with E-state index < -0.39 is 0 Å². The number of hydrogen-bond acceptors (Lipinski definition) is 3. The van der Waals surface area contributed by atoms with Crippen molar-refractivity contribution in [2.75, 3.05) is 19.0 Å². The summed E-state index contributed by atoms with van der Waals surface area (Å²) in [7, 11) is 3.94. The molecule has 0 saturated heterocycles. The first-order chi connectivity index (χ1) is 8.90. The number of nitrogens with zero attached hydrogens (tertiary/aromatic N) is 1. The Balaban J connectivity index is 2.66. The Morgan fingerprint density at radius 3 is 2.53 bits per heavy atom. The van der Waals surface area contributed by atoms with E-state index >= 15 is 0 Å². The molecular formula is C16H21NO2. The fraction of sp³-hybridized carbons (Fsp3) is 0.438. The van der Waals surface area contributed by atoms with Crippen LogP contribution in [0.25, 0.3) is 11.0 Å². The van der Waals surface area contributed by atoms with Crippen LogP contribution in [0.2, 0.25) is 0 Å². The van der Waals surface area contributed by atoms with Gasteiger partial charge in [-0.3, -0.25) is 0 Å². The van der Waals surface area contributed by atoms with Gasteiger partial charge in [0.1, 0.15) is 5.58 Å². The monoisotopic (exact) mass is 259 g/mol. The molecule has 0 spiro atoms. The van der Waals surface area contributed by atoms with Gasteiger partial charge in [-0.05, 0) is 37.0 Å². The number of hydrogen-bond donors (Lipinski definition) is 0. The summed E-state index contributed by atoms with van der Waals surface area (Å²) in [5, 5.41) is 1.03.